The highest BCUT2D eigenvalue weighted by Crippen LogP contribution is 2.42. The van der Waals surface area contributed by atoms with Crippen molar-refractivity contribution in [3.05, 3.63) is 0 Å². The fourth-order valence-electron chi connectivity index (χ4n) is 2.61. The molecule has 0 aromatic carbocycles. The Morgan fingerprint density at radius 1 is 1.39 bits per heavy atom. The van der Waals surface area contributed by atoms with E-state index in [1.54, 1.807) is 13.8 Å². The zero-order chi connectivity index (χ0) is 14.1. The van der Waals surface area contributed by atoms with Crippen LogP contribution in [-0.2, 0) is 4.79 Å². The van der Waals surface area contributed by atoms with Crippen molar-refractivity contribution < 1.29 is 22.4 Å². The Kier molecular flexibility index (Phi) is 4.28. The van der Waals surface area contributed by atoms with Crippen LogP contribution in [-0.4, -0.2) is 23.8 Å². The third-order valence-electron chi connectivity index (χ3n) is 3.38. The summed E-state index contributed by atoms with van der Waals surface area (Å²) in [5.41, 5.74) is 0. The third-order valence-corrected chi connectivity index (χ3v) is 3.38. The largest absolute Gasteiger partial charge is 0.348 e. The van der Waals surface area contributed by atoms with E-state index in [0.29, 0.717) is 13.3 Å². The van der Waals surface area contributed by atoms with Crippen molar-refractivity contribution in [2.24, 2.45) is 11.8 Å². The highest BCUT2D eigenvalue weighted by molar-refractivity contribution is 5.83. The molecule has 0 heterocycles. The predicted octanol–water partition coefficient (Wildman–Crippen LogP) is 3.22. The van der Waals surface area contributed by atoms with E-state index in [4.69, 9.17) is 0 Å². The molecule has 18 heavy (non-hydrogen) atoms. The van der Waals surface area contributed by atoms with Crippen LogP contribution >= 0.6 is 0 Å². The lowest BCUT2D eigenvalue weighted by molar-refractivity contribution is -0.150. The van der Waals surface area contributed by atoms with Crippen molar-refractivity contribution in [1.29, 1.82) is 0 Å². The number of carbonyl (C=O) groups is 1. The van der Waals surface area contributed by atoms with Crippen molar-refractivity contribution >= 4 is 5.91 Å². The summed E-state index contributed by atoms with van der Waals surface area (Å²) in [4.78, 5) is 11.2. The lowest BCUT2D eigenvalue weighted by atomic mass is 9.75. The van der Waals surface area contributed by atoms with Gasteiger partial charge in [0.1, 0.15) is 0 Å². The molecule has 2 atom stereocenters. The Morgan fingerprint density at radius 2 is 1.94 bits per heavy atom. The van der Waals surface area contributed by atoms with Gasteiger partial charge in [-0.3, -0.25) is 4.79 Å². The molecule has 106 valence electrons. The minimum Gasteiger partial charge on any atom is -0.348 e. The van der Waals surface area contributed by atoms with Crippen LogP contribution in [0.25, 0.3) is 0 Å². The van der Waals surface area contributed by atoms with Crippen molar-refractivity contribution in [2.45, 2.75) is 57.9 Å². The SMILES string of the molecule is CC(C)[C@H]1[C@H](NC(=O)C(C)(F)F)CCCC1(F)F. The lowest BCUT2D eigenvalue weighted by Crippen LogP contribution is -2.55. The first-order valence-corrected chi connectivity index (χ1v) is 6.12. The summed E-state index contributed by atoms with van der Waals surface area (Å²) >= 11 is 0. The van der Waals surface area contributed by atoms with Crippen LogP contribution in [0.3, 0.4) is 0 Å². The van der Waals surface area contributed by atoms with Crippen molar-refractivity contribution in [3.8, 4) is 0 Å². The van der Waals surface area contributed by atoms with Crippen LogP contribution in [0.4, 0.5) is 17.6 Å². The minimum atomic E-state index is -3.53. The van der Waals surface area contributed by atoms with Gasteiger partial charge < -0.3 is 5.32 Å². The Hall–Kier alpha value is -0.810. The van der Waals surface area contributed by atoms with Gasteiger partial charge in [0, 0.05) is 25.3 Å². The van der Waals surface area contributed by atoms with E-state index in [0.717, 1.165) is 0 Å². The minimum absolute atomic E-state index is 0.233. The Labute approximate surface area is 104 Å². The van der Waals surface area contributed by atoms with Gasteiger partial charge in [0.2, 0.25) is 0 Å². The van der Waals surface area contributed by atoms with E-state index < -0.39 is 29.7 Å². The van der Waals surface area contributed by atoms with Crippen molar-refractivity contribution in [3.63, 3.8) is 0 Å². The normalized spacial score (nSPS) is 28.2. The van der Waals surface area contributed by atoms with Crippen molar-refractivity contribution in [1.82, 2.24) is 5.32 Å². The summed E-state index contributed by atoms with van der Waals surface area (Å²) < 4.78 is 53.1. The summed E-state index contributed by atoms with van der Waals surface area (Å²) in [5, 5.41) is 2.08. The van der Waals surface area contributed by atoms with Crippen LogP contribution in [0.2, 0.25) is 0 Å². The fourth-order valence-corrected chi connectivity index (χ4v) is 2.61. The van der Waals surface area contributed by atoms with Gasteiger partial charge in [-0.05, 0) is 18.8 Å². The molecule has 0 radical (unpaired) electrons. The molecule has 0 aromatic rings. The van der Waals surface area contributed by atoms with Crippen molar-refractivity contribution in [2.75, 3.05) is 0 Å². The average molecular weight is 269 g/mol. The number of amides is 1. The Bertz CT molecular complexity index is 312. The van der Waals surface area contributed by atoms with Gasteiger partial charge in [-0.15, -0.1) is 0 Å². The number of halogens is 4. The molecule has 1 amide bonds. The van der Waals surface area contributed by atoms with Crippen LogP contribution in [0.5, 0.6) is 0 Å². The van der Waals surface area contributed by atoms with E-state index in [9.17, 15) is 22.4 Å². The molecule has 0 unspecified atom stereocenters. The predicted molar refractivity (Wildman–Crippen MR) is 59.7 cm³/mol. The maximum Gasteiger partial charge on any atom is 0.321 e. The van der Waals surface area contributed by atoms with Gasteiger partial charge in [-0.1, -0.05) is 13.8 Å². The van der Waals surface area contributed by atoms with Gasteiger partial charge in [0.25, 0.3) is 11.8 Å². The molecule has 0 aromatic heterocycles. The second-order valence-electron chi connectivity index (χ2n) is 5.39. The quantitative estimate of drug-likeness (QED) is 0.783. The topological polar surface area (TPSA) is 29.1 Å². The van der Waals surface area contributed by atoms with Gasteiger partial charge in [-0.25, -0.2) is 8.78 Å². The van der Waals surface area contributed by atoms with Gasteiger partial charge in [0.15, 0.2) is 0 Å². The van der Waals surface area contributed by atoms with Gasteiger partial charge >= 0.3 is 5.92 Å². The first kappa shape index (κ1) is 15.2. The highest BCUT2D eigenvalue weighted by Gasteiger charge is 2.49. The van der Waals surface area contributed by atoms with Gasteiger partial charge in [-0.2, -0.15) is 8.78 Å². The van der Waals surface area contributed by atoms with Crippen LogP contribution in [0.15, 0.2) is 0 Å². The standard InChI is InChI=1S/C12H19F4NO/c1-7(2)9-8(5-4-6-12(9,15)16)17-10(18)11(3,13)14/h7-9H,4-6H2,1-3H3,(H,17,18)/t8-,9+/m1/s1. The number of hydrogen-bond donors (Lipinski definition) is 1. The molecule has 6 heteroatoms. The molecular weight excluding hydrogens is 250 g/mol. The third kappa shape index (κ3) is 3.36. The first-order valence-electron chi connectivity index (χ1n) is 6.12. The molecule has 1 N–H and O–H groups in total. The smallest absolute Gasteiger partial charge is 0.321 e. The summed E-state index contributed by atoms with van der Waals surface area (Å²) in [6, 6.07) is -0.882. The summed E-state index contributed by atoms with van der Waals surface area (Å²) in [5.74, 6) is -9.38. The summed E-state index contributed by atoms with van der Waals surface area (Å²) in [6.07, 6.45) is 0.307. The van der Waals surface area contributed by atoms with E-state index in [1.165, 1.54) is 0 Å². The molecular formula is C12H19F4NO. The second kappa shape index (κ2) is 5.05. The monoisotopic (exact) mass is 269 g/mol. The molecule has 1 aliphatic rings. The molecule has 1 fully saturated rings. The molecule has 1 rings (SSSR count). The van der Waals surface area contributed by atoms with E-state index in [2.05, 4.69) is 5.32 Å². The Balaban J connectivity index is 2.83. The first-order chi connectivity index (χ1) is 8.05. The van der Waals surface area contributed by atoms with Crippen LogP contribution in [0, 0.1) is 11.8 Å². The number of rotatable bonds is 3. The summed E-state index contributed by atoms with van der Waals surface area (Å²) in [6.45, 7) is 3.70. The fraction of sp³-hybridized carbons (Fsp3) is 0.917. The molecule has 0 aliphatic heterocycles. The number of hydrogen-bond acceptors (Lipinski definition) is 1. The lowest BCUT2D eigenvalue weighted by Gasteiger charge is -2.40. The number of nitrogens with one attached hydrogen (secondary N) is 1. The van der Waals surface area contributed by atoms with Gasteiger partial charge in [0.05, 0.1) is 0 Å². The second-order valence-corrected chi connectivity index (χ2v) is 5.39. The number of alkyl halides is 4. The van der Waals surface area contributed by atoms with Crippen LogP contribution < -0.4 is 5.32 Å². The maximum atomic E-state index is 13.8. The highest BCUT2D eigenvalue weighted by atomic mass is 19.3. The van der Waals surface area contributed by atoms with E-state index in [1.807, 2.05) is 0 Å². The van der Waals surface area contributed by atoms with E-state index in [-0.39, 0.29) is 18.8 Å². The van der Waals surface area contributed by atoms with Crippen LogP contribution in [0.1, 0.15) is 40.0 Å². The molecule has 0 saturated heterocycles. The zero-order valence-corrected chi connectivity index (χ0v) is 10.8. The molecule has 0 spiro atoms. The number of carbonyl (C=O) groups excluding carboxylic acids is 1. The molecule has 1 saturated carbocycles. The summed E-state index contributed by atoms with van der Waals surface area (Å²) in [7, 11) is 0. The average Bonchev–Trinajstić information content (AvgIpc) is 2.13. The maximum absolute atomic E-state index is 13.8. The van der Waals surface area contributed by atoms with E-state index >= 15 is 0 Å². The molecule has 2 nitrogen and oxygen atoms in total. The Morgan fingerprint density at radius 3 is 2.39 bits per heavy atom. The molecule has 1 aliphatic carbocycles. The molecule has 0 bridgehead atoms. The zero-order valence-electron chi connectivity index (χ0n) is 10.8.